The molecule has 0 spiro atoms. The summed E-state index contributed by atoms with van der Waals surface area (Å²) in [6, 6.07) is 14.3. The van der Waals surface area contributed by atoms with E-state index >= 15 is 0 Å². The summed E-state index contributed by atoms with van der Waals surface area (Å²) in [5.74, 6) is 0. The minimum absolute atomic E-state index is 0.0603. The van der Waals surface area contributed by atoms with Crippen LogP contribution in [-0.4, -0.2) is 12.2 Å². The van der Waals surface area contributed by atoms with Gasteiger partial charge >= 0.3 is 0 Å². The molecular weight excluding hydrogens is 224 g/mol. The summed E-state index contributed by atoms with van der Waals surface area (Å²) >= 11 is 0. The molecule has 0 heterocycles. The Kier molecular flexibility index (Phi) is 4.13. The Morgan fingerprint density at radius 2 is 1.83 bits per heavy atom. The van der Waals surface area contributed by atoms with Crippen molar-refractivity contribution in [3.05, 3.63) is 59.2 Å². The van der Waals surface area contributed by atoms with E-state index in [4.69, 9.17) is 4.74 Å². The smallest absolute Gasteiger partial charge is 0.0719 e. The Labute approximate surface area is 108 Å². The number of rotatable bonds is 4. The summed E-state index contributed by atoms with van der Waals surface area (Å²) in [4.78, 5) is 0. The molecule has 0 atom stereocenters. The monoisotopic (exact) mass is 242 g/mol. The van der Waals surface area contributed by atoms with Gasteiger partial charge in [0.25, 0.3) is 0 Å². The topological polar surface area (TPSA) is 29.5 Å². The van der Waals surface area contributed by atoms with Crippen LogP contribution in [0.5, 0.6) is 0 Å². The highest BCUT2D eigenvalue weighted by atomic mass is 16.5. The van der Waals surface area contributed by atoms with Gasteiger partial charge < -0.3 is 9.84 Å². The molecule has 0 saturated carbocycles. The second kappa shape index (κ2) is 5.80. The molecule has 0 fully saturated rings. The third-order valence-electron chi connectivity index (χ3n) is 3.09. The fraction of sp³-hybridized carbons (Fsp3) is 0.250. The highest BCUT2D eigenvalue weighted by molar-refractivity contribution is 5.70. The lowest BCUT2D eigenvalue weighted by atomic mass is 9.95. The second-order valence-corrected chi connectivity index (χ2v) is 4.40. The maximum absolute atomic E-state index is 9.21. The van der Waals surface area contributed by atoms with Crippen LogP contribution in [0.1, 0.15) is 16.7 Å². The average Bonchev–Trinajstić information content (AvgIpc) is 2.40. The fourth-order valence-corrected chi connectivity index (χ4v) is 2.16. The largest absolute Gasteiger partial charge is 0.392 e. The Balaban J connectivity index is 2.53. The molecule has 0 aliphatic rings. The van der Waals surface area contributed by atoms with Gasteiger partial charge in [0.05, 0.1) is 13.2 Å². The molecule has 1 N–H and O–H groups in total. The van der Waals surface area contributed by atoms with Crippen LogP contribution in [0.4, 0.5) is 0 Å². The van der Waals surface area contributed by atoms with E-state index in [1.165, 1.54) is 16.7 Å². The summed E-state index contributed by atoms with van der Waals surface area (Å²) in [6.45, 7) is 2.72. The van der Waals surface area contributed by atoms with Crippen LogP contribution in [0, 0.1) is 6.92 Å². The lowest BCUT2D eigenvalue weighted by Gasteiger charge is -2.13. The van der Waals surface area contributed by atoms with Crippen molar-refractivity contribution in [2.75, 3.05) is 7.11 Å². The first-order valence-corrected chi connectivity index (χ1v) is 6.04. The molecule has 0 aromatic heterocycles. The first-order valence-electron chi connectivity index (χ1n) is 6.04. The maximum atomic E-state index is 9.21. The average molecular weight is 242 g/mol. The van der Waals surface area contributed by atoms with Gasteiger partial charge in [-0.15, -0.1) is 0 Å². The highest BCUT2D eigenvalue weighted by Gasteiger charge is 2.08. The van der Waals surface area contributed by atoms with Crippen LogP contribution in [0.3, 0.4) is 0 Å². The van der Waals surface area contributed by atoms with Crippen molar-refractivity contribution < 1.29 is 9.84 Å². The quantitative estimate of drug-likeness (QED) is 0.891. The van der Waals surface area contributed by atoms with Crippen LogP contribution in [0.15, 0.2) is 42.5 Å². The van der Waals surface area contributed by atoms with E-state index < -0.39 is 0 Å². The van der Waals surface area contributed by atoms with Crippen LogP contribution in [0.2, 0.25) is 0 Å². The molecule has 2 nitrogen and oxygen atoms in total. The van der Waals surface area contributed by atoms with E-state index in [1.54, 1.807) is 7.11 Å². The molecule has 0 aliphatic heterocycles. The molecule has 2 rings (SSSR count). The number of ether oxygens (including phenoxy) is 1. The maximum Gasteiger partial charge on any atom is 0.0719 e. The van der Waals surface area contributed by atoms with Crippen LogP contribution in [0.25, 0.3) is 11.1 Å². The van der Waals surface area contributed by atoms with Gasteiger partial charge in [0.1, 0.15) is 0 Å². The molecule has 0 saturated heterocycles. The number of methoxy groups -OCH3 is 1. The third kappa shape index (κ3) is 2.61. The summed E-state index contributed by atoms with van der Waals surface area (Å²) in [5.41, 5.74) is 5.66. The van der Waals surface area contributed by atoms with Crippen LogP contribution >= 0.6 is 0 Å². The Morgan fingerprint density at radius 1 is 1.06 bits per heavy atom. The van der Waals surface area contributed by atoms with Gasteiger partial charge in [0.15, 0.2) is 0 Å². The Hall–Kier alpha value is -1.64. The fourth-order valence-electron chi connectivity index (χ4n) is 2.16. The van der Waals surface area contributed by atoms with Gasteiger partial charge in [0.2, 0.25) is 0 Å². The zero-order valence-electron chi connectivity index (χ0n) is 10.8. The summed E-state index contributed by atoms with van der Waals surface area (Å²) in [5, 5.41) is 9.21. The van der Waals surface area contributed by atoms with E-state index in [0.29, 0.717) is 6.61 Å². The lowest BCUT2D eigenvalue weighted by molar-refractivity contribution is 0.185. The lowest BCUT2D eigenvalue weighted by Crippen LogP contribution is -1.96. The number of aliphatic hydroxyl groups is 1. The van der Waals surface area contributed by atoms with E-state index in [2.05, 4.69) is 25.1 Å². The van der Waals surface area contributed by atoms with Gasteiger partial charge in [-0.2, -0.15) is 0 Å². The second-order valence-electron chi connectivity index (χ2n) is 4.40. The predicted octanol–water partition coefficient (Wildman–Crippen LogP) is 3.30. The first kappa shape index (κ1) is 12.8. The molecule has 94 valence electrons. The summed E-state index contributed by atoms with van der Waals surface area (Å²) in [7, 11) is 1.69. The number of aryl methyl sites for hydroxylation is 1. The molecular formula is C16H18O2. The van der Waals surface area contributed by atoms with Crippen LogP contribution < -0.4 is 0 Å². The molecule has 2 aromatic rings. The molecule has 18 heavy (non-hydrogen) atoms. The summed E-state index contributed by atoms with van der Waals surface area (Å²) in [6.07, 6.45) is 0. The zero-order valence-corrected chi connectivity index (χ0v) is 10.8. The van der Waals surface area contributed by atoms with Gasteiger partial charge in [0, 0.05) is 7.11 Å². The first-order chi connectivity index (χ1) is 8.76. The van der Waals surface area contributed by atoms with Crippen molar-refractivity contribution in [1.82, 2.24) is 0 Å². The number of hydrogen-bond acceptors (Lipinski definition) is 2. The van der Waals surface area contributed by atoms with Crippen molar-refractivity contribution in [3.63, 3.8) is 0 Å². The predicted molar refractivity (Wildman–Crippen MR) is 73.3 cm³/mol. The van der Waals surface area contributed by atoms with Gasteiger partial charge in [-0.25, -0.2) is 0 Å². The summed E-state index contributed by atoms with van der Waals surface area (Å²) < 4.78 is 5.25. The molecule has 0 radical (unpaired) electrons. The standard InChI is InChI=1S/C16H18O2/c1-12-5-3-4-6-15(12)16-8-7-13(10-17)9-14(16)11-18-2/h3-9,17H,10-11H2,1-2H3. The minimum Gasteiger partial charge on any atom is -0.392 e. The van der Waals surface area contributed by atoms with Crippen molar-refractivity contribution in [2.45, 2.75) is 20.1 Å². The van der Waals surface area contributed by atoms with E-state index in [1.807, 2.05) is 24.3 Å². The van der Waals surface area contributed by atoms with Crippen LogP contribution in [-0.2, 0) is 18.0 Å². The molecule has 2 aromatic carbocycles. The Bertz CT molecular complexity index is 532. The molecule has 0 unspecified atom stereocenters. The molecule has 0 bridgehead atoms. The number of benzene rings is 2. The number of aliphatic hydroxyl groups excluding tert-OH is 1. The minimum atomic E-state index is 0.0603. The Morgan fingerprint density at radius 3 is 2.50 bits per heavy atom. The van der Waals surface area contributed by atoms with Crippen molar-refractivity contribution >= 4 is 0 Å². The van der Waals surface area contributed by atoms with E-state index in [0.717, 1.165) is 11.1 Å². The zero-order chi connectivity index (χ0) is 13.0. The molecule has 0 aliphatic carbocycles. The number of hydrogen-bond donors (Lipinski definition) is 1. The molecule has 0 amide bonds. The van der Waals surface area contributed by atoms with Gasteiger partial charge in [-0.1, -0.05) is 42.5 Å². The SMILES string of the molecule is COCc1cc(CO)ccc1-c1ccccc1C. The van der Waals surface area contributed by atoms with E-state index in [-0.39, 0.29) is 6.61 Å². The van der Waals surface area contributed by atoms with Gasteiger partial charge in [-0.3, -0.25) is 0 Å². The van der Waals surface area contributed by atoms with Crippen molar-refractivity contribution in [2.24, 2.45) is 0 Å². The third-order valence-corrected chi connectivity index (χ3v) is 3.09. The normalized spacial score (nSPS) is 10.6. The molecule has 2 heteroatoms. The highest BCUT2D eigenvalue weighted by Crippen LogP contribution is 2.28. The van der Waals surface area contributed by atoms with Gasteiger partial charge in [-0.05, 0) is 34.7 Å². The van der Waals surface area contributed by atoms with Crippen molar-refractivity contribution in [1.29, 1.82) is 0 Å². The van der Waals surface area contributed by atoms with Crippen molar-refractivity contribution in [3.8, 4) is 11.1 Å². The van der Waals surface area contributed by atoms with E-state index in [9.17, 15) is 5.11 Å².